The number of rotatable bonds is 7. The van der Waals surface area contributed by atoms with E-state index in [1.165, 1.54) is 36.6 Å². The van der Waals surface area contributed by atoms with Crippen molar-refractivity contribution < 1.29 is 4.74 Å². The normalized spacial score (nSPS) is 21.7. The highest BCUT2D eigenvalue weighted by Crippen LogP contribution is 2.38. The zero-order valence-electron chi connectivity index (χ0n) is 15.4. The van der Waals surface area contributed by atoms with Gasteiger partial charge in [0.2, 0.25) is 0 Å². The lowest BCUT2D eigenvalue weighted by Crippen LogP contribution is -2.35. The van der Waals surface area contributed by atoms with Crippen LogP contribution in [0.3, 0.4) is 0 Å². The van der Waals surface area contributed by atoms with Crippen LogP contribution in [0, 0.1) is 0 Å². The van der Waals surface area contributed by atoms with Crippen LogP contribution in [0.1, 0.15) is 64.0 Å². The lowest BCUT2D eigenvalue weighted by molar-refractivity contribution is 0.144. The van der Waals surface area contributed by atoms with Gasteiger partial charge in [0.15, 0.2) is 0 Å². The van der Waals surface area contributed by atoms with Gasteiger partial charge in [0.25, 0.3) is 0 Å². The molecule has 3 heteroatoms. The van der Waals surface area contributed by atoms with Crippen LogP contribution < -0.4 is 5.32 Å². The quantitative estimate of drug-likeness (QED) is 0.734. The number of nitrogens with zero attached hydrogens (tertiary/aromatic N) is 1. The van der Waals surface area contributed by atoms with Crippen molar-refractivity contribution in [2.24, 2.45) is 0 Å². The van der Waals surface area contributed by atoms with Gasteiger partial charge in [-0.05, 0) is 57.6 Å². The third-order valence-electron chi connectivity index (χ3n) is 5.33. The second-order valence-corrected chi connectivity index (χ2v) is 7.31. The van der Waals surface area contributed by atoms with E-state index in [0.29, 0.717) is 18.0 Å². The average molecular weight is 329 g/mol. The molecule has 0 saturated heterocycles. The fourth-order valence-electron chi connectivity index (χ4n) is 4.12. The number of aromatic nitrogens is 1. The number of hydrogen-bond donors (Lipinski definition) is 1. The first-order valence-electron chi connectivity index (χ1n) is 9.61. The van der Waals surface area contributed by atoms with Gasteiger partial charge in [-0.1, -0.05) is 24.6 Å². The molecule has 1 N–H and O–H groups in total. The van der Waals surface area contributed by atoms with Gasteiger partial charge in [-0.3, -0.25) is 0 Å². The van der Waals surface area contributed by atoms with E-state index in [2.05, 4.69) is 61.1 Å². The molecule has 0 bridgehead atoms. The summed E-state index contributed by atoms with van der Waals surface area (Å²) < 4.78 is 7.90. The van der Waals surface area contributed by atoms with Gasteiger partial charge >= 0.3 is 0 Å². The van der Waals surface area contributed by atoms with Crippen LogP contribution in [0.25, 0.3) is 10.9 Å². The summed E-state index contributed by atoms with van der Waals surface area (Å²) in [5, 5.41) is 5.15. The second-order valence-electron chi connectivity index (χ2n) is 7.31. The molecule has 24 heavy (non-hydrogen) atoms. The van der Waals surface area contributed by atoms with E-state index in [-0.39, 0.29) is 0 Å². The molecule has 3 nitrogen and oxygen atoms in total. The van der Waals surface area contributed by atoms with Gasteiger partial charge in [0.05, 0.1) is 6.61 Å². The number of para-hydroxylation sites is 1. The fraction of sp³-hybridized carbons (Fsp3) is 0.619. The number of fused-ring (bicyclic) bond motifs is 1. The number of hydrogen-bond acceptors (Lipinski definition) is 2. The van der Waals surface area contributed by atoms with Gasteiger partial charge < -0.3 is 14.6 Å². The summed E-state index contributed by atoms with van der Waals surface area (Å²) in [7, 11) is 0. The Bertz CT molecular complexity index is 646. The van der Waals surface area contributed by atoms with E-state index in [4.69, 9.17) is 4.74 Å². The standard InChI is InChI=1S/C21H32N2O/c1-4-24-13-12-22-18-9-7-8-17(14-18)20-15-23(16(2)3)21-11-6-5-10-19(20)21/h5-6,10-11,15-18,22H,4,7-9,12-14H2,1-3H3. The Morgan fingerprint density at radius 2 is 2.08 bits per heavy atom. The van der Waals surface area contributed by atoms with Gasteiger partial charge in [0, 0.05) is 42.3 Å². The van der Waals surface area contributed by atoms with Crippen molar-refractivity contribution in [1.82, 2.24) is 9.88 Å². The summed E-state index contributed by atoms with van der Waals surface area (Å²) in [5.74, 6) is 0.674. The molecular formula is C21H32N2O. The molecule has 1 saturated carbocycles. The first-order valence-corrected chi connectivity index (χ1v) is 9.61. The molecule has 2 atom stereocenters. The first kappa shape index (κ1) is 17.5. The summed E-state index contributed by atoms with van der Waals surface area (Å²) in [6.07, 6.45) is 7.60. The van der Waals surface area contributed by atoms with E-state index in [9.17, 15) is 0 Å². The maximum atomic E-state index is 5.46. The Kier molecular flexibility index (Phi) is 5.96. The highest BCUT2D eigenvalue weighted by molar-refractivity contribution is 5.84. The van der Waals surface area contributed by atoms with Gasteiger partial charge in [0.1, 0.15) is 0 Å². The smallest absolute Gasteiger partial charge is 0.0590 e. The maximum absolute atomic E-state index is 5.46. The summed E-state index contributed by atoms with van der Waals surface area (Å²) >= 11 is 0. The van der Waals surface area contributed by atoms with Crippen molar-refractivity contribution in [2.75, 3.05) is 19.8 Å². The molecule has 0 spiro atoms. The van der Waals surface area contributed by atoms with E-state index < -0.39 is 0 Å². The van der Waals surface area contributed by atoms with Crippen LogP contribution in [-0.2, 0) is 4.74 Å². The lowest BCUT2D eigenvalue weighted by atomic mass is 9.81. The zero-order valence-corrected chi connectivity index (χ0v) is 15.4. The zero-order chi connectivity index (χ0) is 16.9. The molecule has 1 fully saturated rings. The Morgan fingerprint density at radius 3 is 2.88 bits per heavy atom. The molecule has 1 aliphatic carbocycles. The summed E-state index contributed by atoms with van der Waals surface area (Å²) in [4.78, 5) is 0. The van der Waals surface area contributed by atoms with Crippen molar-refractivity contribution in [3.8, 4) is 0 Å². The number of ether oxygens (including phenoxy) is 1. The van der Waals surface area contributed by atoms with E-state index in [1.54, 1.807) is 5.56 Å². The fourth-order valence-corrected chi connectivity index (χ4v) is 4.12. The minimum absolute atomic E-state index is 0.507. The van der Waals surface area contributed by atoms with Crippen molar-refractivity contribution >= 4 is 10.9 Å². The van der Waals surface area contributed by atoms with Crippen LogP contribution in [0.2, 0.25) is 0 Å². The van der Waals surface area contributed by atoms with Crippen molar-refractivity contribution in [3.63, 3.8) is 0 Å². The van der Waals surface area contributed by atoms with Gasteiger partial charge in [-0.25, -0.2) is 0 Å². The Morgan fingerprint density at radius 1 is 1.25 bits per heavy atom. The van der Waals surface area contributed by atoms with Crippen LogP contribution in [0.4, 0.5) is 0 Å². The molecule has 2 unspecified atom stereocenters. The molecule has 2 aromatic rings. The van der Waals surface area contributed by atoms with Crippen LogP contribution in [0.5, 0.6) is 0 Å². The number of benzene rings is 1. The minimum atomic E-state index is 0.507. The maximum Gasteiger partial charge on any atom is 0.0590 e. The Balaban J connectivity index is 1.75. The molecule has 1 aliphatic rings. The van der Waals surface area contributed by atoms with Gasteiger partial charge in [-0.2, -0.15) is 0 Å². The van der Waals surface area contributed by atoms with Crippen molar-refractivity contribution in [3.05, 3.63) is 36.0 Å². The van der Waals surface area contributed by atoms with E-state index >= 15 is 0 Å². The highest BCUT2D eigenvalue weighted by atomic mass is 16.5. The lowest BCUT2D eigenvalue weighted by Gasteiger charge is -2.30. The molecule has 1 aromatic heterocycles. The molecule has 0 aliphatic heterocycles. The third kappa shape index (κ3) is 3.84. The monoisotopic (exact) mass is 328 g/mol. The van der Waals surface area contributed by atoms with Gasteiger partial charge in [-0.15, -0.1) is 0 Å². The van der Waals surface area contributed by atoms with Crippen LogP contribution >= 0.6 is 0 Å². The molecule has 0 amide bonds. The first-order chi connectivity index (χ1) is 11.7. The highest BCUT2D eigenvalue weighted by Gasteiger charge is 2.25. The minimum Gasteiger partial charge on any atom is -0.380 e. The Hall–Kier alpha value is -1.32. The molecule has 132 valence electrons. The van der Waals surface area contributed by atoms with E-state index in [0.717, 1.165) is 19.8 Å². The molecule has 1 heterocycles. The predicted molar refractivity (Wildman–Crippen MR) is 102 cm³/mol. The largest absolute Gasteiger partial charge is 0.380 e. The summed E-state index contributed by atoms with van der Waals surface area (Å²) in [5.41, 5.74) is 2.93. The van der Waals surface area contributed by atoms with Crippen molar-refractivity contribution in [1.29, 1.82) is 0 Å². The summed E-state index contributed by atoms with van der Waals surface area (Å²) in [6.45, 7) is 9.21. The number of nitrogens with one attached hydrogen (secondary N) is 1. The molecule has 0 radical (unpaired) electrons. The predicted octanol–water partition coefficient (Wildman–Crippen LogP) is 4.87. The summed E-state index contributed by atoms with van der Waals surface area (Å²) in [6, 6.07) is 10.0. The topological polar surface area (TPSA) is 26.2 Å². The van der Waals surface area contributed by atoms with Crippen molar-refractivity contribution in [2.45, 2.75) is 64.5 Å². The molecular weight excluding hydrogens is 296 g/mol. The SMILES string of the molecule is CCOCCNC1CCCC(c2cn(C(C)C)c3ccccc23)C1. The van der Waals surface area contributed by atoms with Crippen LogP contribution in [0.15, 0.2) is 30.5 Å². The second kappa shape index (κ2) is 8.17. The van der Waals surface area contributed by atoms with E-state index in [1.807, 2.05) is 0 Å². The molecule has 1 aromatic carbocycles. The third-order valence-corrected chi connectivity index (χ3v) is 5.33. The Labute approximate surface area is 146 Å². The average Bonchev–Trinajstić information content (AvgIpc) is 2.99. The molecule has 3 rings (SSSR count). The van der Waals surface area contributed by atoms with Crippen LogP contribution in [-0.4, -0.2) is 30.4 Å².